The van der Waals surface area contributed by atoms with Gasteiger partial charge in [-0.15, -0.1) is 0 Å². The van der Waals surface area contributed by atoms with Gasteiger partial charge in [0.2, 0.25) is 5.91 Å². The first-order chi connectivity index (χ1) is 10.0. The molecule has 2 unspecified atom stereocenters. The molecule has 2 atom stereocenters. The third-order valence-electron chi connectivity index (χ3n) is 5.25. The number of nitrogens with two attached hydrogens (primary N) is 1. The molecule has 0 spiro atoms. The van der Waals surface area contributed by atoms with E-state index in [1.54, 1.807) is 0 Å². The molecule has 0 bridgehead atoms. The van der Waals surface area contributed by atoms with E-state index in [0.717, 1.165) is 31.6 Å². The van der Waals surface area contributed by atoms with E-state index in [4.69, 9.17) is 5.73 Å². The fourth-order valence-electron chi connectivity index (χ4n) is 4.22. The highest BCUT2D eigenvalue weighted by atomic mass is 32.2. The second-order valence-corrected chi connectivity index (χ2v) is 8.39. The Morgan fingerprint density at radius 2 is 2.00 bits per heavy atom. The van der Waals surface area contributed by atoms with Crippen molar-refractivity contribution < 1.29 is 4.79 Å². The lowest BCUT2D eigenvalue weighted by Crippen LogP contribution is -2.60. The first-order valence-electron chi connectivity index (χ1n) is 8.70. The van der Waals surface area contributed by atoms with E-state index < -0.39 is 5.54 Å². The van der Waals surface area contributed by atoms with Crippen LogP contribution in [0.1, 0.15) is 65.2 Å². The van der Waals surface area contributed by atoms with E-state index in [1.165, 1.54) is 37.2 Å². The van der Waals surface area contributed by atoms with Crippen LogP contribution in [-0.2, 0) is 4.79 Å². The van der Waals surface area contributed by atoms with Gasteiger partial charge in [-0.1, -0.05) is 19.3 Å². The number of hydrogen-bond donors (Lipinski definition) is 2. The molecule has 0 aromatic carbocycles. The van der Waals surface area contributed by atoms with Crippen molar-refractivity contribution >= 4 is 17.7 Å². The molecule has 3 N–H and O–H groups in total. The molecule has 1 amide bonds. The monoisotopic (exact) mass is 312 g/mol. The molecule has 21 heavy (non-hydrogen) atoms. The van der Waals surface area contributed by atoms with Crippen molar-refractivity contribution in [3.63, 3.8) is 0 Å². The highest BCUT2D eigenvalue weighted by Gasteiger charge is 2.47. The molecule has 0 aromatic rings. The zero-order valence-corrected chi connectivity index (χ0v) is 14.5. The number of amides is 1. The minimum Gasteiger partial charge on any atom is -0.368 e. The predicted molar refractivity (Wildman–Crippen MR) is 91.4 cm³/mol. The van der Waals surface area contributed by atoms with E-state index in [1.807, 2.05) is 0 Å². The Labute approximate surface area is 134 Å². The van der Waals surface area contributed by atoms with Crippen molar-refractivity contribution in [1.29, 1.82) is 0 Å². The molecular weight excluding hydrogens is 280 g/mol. The van der Waals surface area contributed by atoms with Crippen LogP contribution >= 0.6 is 11.8 Å². The number of primary amides is 1. The average molecular weight is 313 g/mol. The van der Waals surface area contributed by atoms with Gasteiger partial charge in [0.15, 0.2) is 0 Å². The van der Waals surface area contributed by atoms with Gasteiger partial charge in [0.25, 0.3) is 0 Å². The largest absolute Gasteiger partial charge is 0.368 e. The van der Waals surface area contributed by atoms with E-state index in [-0.39, 0.29) is 5.91 Å². The molecule has 122 valence electrons. The summed E-state index contributed by atoms with van der Waals surface area (Å²) in [6.07, 6.45) is 10.0. The molecular formula is C17H32N2OS. The SMILES string of the molecule is CC(C)NC1(C(N)=O)CCCC1CCSCC1CCCC1. The van der Waals surface area contributed by atoms with Crippen molar-refractivity contribution in [2.24, 2.45) is 17.6 Å². The summed E-state index contributed by atoms with van der Waals surface area (Å²) in [5.74, 6) is 3.73. The van der Waals surface area contributed by atoms with E-state index in [2.05, 4.69) is 30.9 Å². The average Bonchev–Trinajstić information content (AvgIpc) is 3.04. The maximum Gasteiger partial charge on any atom is 0.238 e. The van der Waals surface area contributed by atoms with Crippen molar-refractivity contribution in [3.8, 4) is 0 Å². The number of carbonyl (C=O) groups is 1. The smallest absolute Gasteiger partial charge is 0.238 e. The fraction of sp³-hybridized carbons (Fsp3) is 0.941. The van der Waals surface area contributed by atoms with Crippen LogP contribution in [0.2, 0.25) is 0 Å². The predicted octanol–water partition coefficient (Wildman–Crippen LogP) is 3.32. The zero-order valence-electron chi connectivity index (χ0n) is 13.7. The van der Waals surface area contributed by atoms with Gasteiger partial charge in [-0.25, -0.2) is 0 Å². The summed E-state index contributed by atoms with van der Waals surface area (Å²) in [5, 5.41) is 3.50. The summed E-state index contributed by atoms with van der Waals surface area (Å²) in [6, 6.07) is 0.309. The number of hydrogen-bond acceptors (Lipinski definition) is 3. The number of carbonyl (C=O) groups excluding carboxylic acids is 1. The molecule has 0 saturated heterocycles. The van der Waals surface area contributed by atoms with Crippen LogP contribution in [0.4, 0.5) is 0 Å². The Kier molecular flexibility index (Phi) is 6.42. The lowest BCUT2D eigenvalue weighted by atomic mass is 9.83. The molecule has 2 fully saturated rings. The maximum atomic E-state index is 12.1. The Bertz CT molecular complexity index is 342. The van der Waals surface area contributed by atoms with Crippen LogP contribution in [0, 0.1) is 11.8 Å². The van der Waals surface area contributed by atoms with Gasteiger partial charge in [0, 0.05) is 6.04 Å². The first kappa shape index (κ1) is 17.1. The molecule has 2 saturated carbocycles. The van der Waals surface area contributed by atoms with E-state index in [9.17, 15) is 4.79 Å². The fourth-order valence-corrected chi connectivity index (χ4v) is 5.51. The quantitative estimate of drug-likeness (QED) is 0.676. The van der Waals surface area contributed by atoms with Crippen molar-refractivity contribution in [2.75, 3.05) is 11.5 Å². The van der Waals surface area contributed by atoms with Gasteiger partial charge in [0.1, 0.15) is 5.54 Å². The third kappa shape index (κ3) is 4.38. The molecule has 0 aliphatic heterocycles. The second kappa shape index (κ2) is 7.87. The molecule has 2 aliphatic rings. The molecule has 0 heterocycles. The van der Waals surface area contributed by atoms with Gasteiger partial charge in [-0.05, 0) is 69.3 Å². The van der Waals surface area contributed by atoms with Gasteiger partial charge in [-0.2, -0.15) is 11.8 Å². The normalized spacial score (nSPS) is 30.3. The molecule has 2 aliphatic carbocycles. The van der Waals surface area contributed by atoms with Crippen LogP contribution in [0.3, 0.4) is 0 Å². The lowest BCUT2D eigenvalue weighted by Gasteiger charge is -2.35. The number of nitrogens with one attached hydrogen (secondary N) is 1. The summed E-state index contributed by atoms with van der Waals surface area (Å²) >= 11 is 2.09. The highest BCUT2D eigenvalue weighted by molar-refractivity contribution is 7.99. The minimum absolute atomic E-state index is 0.139. The first-order valence-corrected chi connectivity index (χ1v) is 9.85. The number of thioether (sulfide) groups is 1. The van der Waals surface area contributed by atoms with Crippen molar-refractivity contribution in [3.05, 3.63) is 0 Å². The van der Waals surface area contributed by atoms with E-state index >= 15 is 0 Å². The Morgan fingerprint density at radius 1 is 1.29 bits per heavy atom. The molecule has 2 rings (SSSR count). The molecule has 3 nitrogen and oxygen atoms in total. The van der Waals surface area contributed by atoms with E-state index in [0.29, 0.717) is 12.0 Å². The Morgan fingerprint density at radius 3 is 2.62 bits per heavy atom. The van der Waals surface area contributed by atoms with Crippen LogP contribution in [0.25, 0.3) is 0 Å². The van der Waals surface area contributed by atoms with Crippen molar-refractivity contribution in [1.82, 2.24) is 5.32 Å². The van der Waals surface area contributed by atoms with Crippen molar-refractivity contribution in [2.45, 2.75) is 76.8 Å². The molecule has 0 aromatic heterocycles. The van der Waals surface area contributed by atoms with Gasteiger partial charge in [-0.3, -0.25) is 4.79 Å². The van der Waals surface area contributed by atoms with Crippen LogP contribution in [0.15, 0.2) is 0 Å². The minimum atomic E-state index is -0.442. The lowest BCUT2D eigenvalue weighted by molar-refractivity contribution is -0.126. The summed E-state index contributed by atoms with van der Waals surface area (Å²) in [4.78, 5) is 12.1. The summed E-state index contributed by atoms with van der Waals surface area (Å²) in [5.41, 5.74) is 5.32. The molecule has 0 radical (unpaired) electrons. The highest BCUT2D eigenvalue weighted by Crippen LogP contribution is 2.39. The Balaban J connectivity index is 1.80. The second-order valence-electron chi connectivity index (χ2n) is 7.24. The number of rotatable bonds is 8. The van der Waals surface area contributed by atoms with Gasteiger partial charge >= 0.3 is 0 Å². The standard InChI is InChI=1S/C17H32N2OS/c1-13(2)19-17(16(18)20)10-5-8-15(17)9-11-21-12-14-6-3-4-7-14/h13-15,19H,3-12H2,1-2H3,(H2,18,20). The van der Waals surface area contributed by atoms with Crippen LogP contribution < -0.4 is 11.1 Å². The Hall–Kier alpha value is -0.220. The zero-order chi connectivity index (χ0) is 15.3. The van der Waals surface area contributed by atoms with Crippen LogP contribution in [-0.4, -0.2) is 29.0 Å². The van der Waals surface area contributed by atoms with Crippen LogP contribution in [0.5, 0.6) is 0 Å². The summed E-state index contributed by atoms with van der Waals surface area (Å²) < 4.78 is 0. The third-order valence-corrected chi connectivity index (χ3v) is 6.48. The molecule has 4 heteroatoms. The summed E-state index contributed by atoms with van der Waals surface area (Å²) in [7, 11) is 0. The summed E-state index contributed by atoms with van der Waals surface area (Å²) in [6.45, 7) is 4.21. The topological polar surface area (TPSA) is 55.1 Å². The van der Waals surface area contributed by atoms with Gasteiger partial charge < -0.3 is 11.1 Å². The van der Waals surface area contributed by atoms with Gasteiger partial charge in [0.05, 0.1) is 0 Å². The maximum absolute atomic E-state index is 12.1.